The van der Waals surface area contributed by atoms with Crippen molar-refractivity contribution in [1.82, 2.24) is 30.6 Å². The fourth-order valence-electron chi connectivity index (χ4n) is 2.17. The molecule has 0 spiro atoms. The normalized spacial score (nSPS) is 13.0. The predicted molar refractivity (Wildman–Crippen MR) is 85.1 cm³/mol. The van der Waals surface area contributed by atoms with E-state index >= 15 is 0 Å². The highest BCUT2D eigenvalue weighted by molar-refractivity contribution is 5.91. The molecule has 2 aromatic rings. The molecular formula is C14H19N7O4. The van der Waals surface area contributed by atoms with E-state index in [-0.39, 0.29) is 19.4 Å². The zero-order valence-corrected chi connectivity index (χ0v) is 13.2. The SMILES string of the molecule is NCC(=O)NC(Cc1cnc[nH]1)C(=O)NC(Cc1cnc[nH]1)C(=O)O. The Morgan fingerprint density at radius 1 is 1.04 bits per heavy atom. The third kappa shape index (κ3) is 5.42. The first-order valence-electron chi connectivity index (χ1n) is 7.46. The van der Waals surface area contributed by atoms with Crippen molar-refractivity contribution in [1.29, 1.82) is 0 Å². The summed E-state index contributed by atoms with van der Waals surface area (Å²) in [4.78, 5) is 48.7. The molecule has 11 heteroatoms. The summed E-state index contributed by atoms with van der Waals surface area (Å²) >= 11 is 0. The molecule has 7 N–H and O–H groups in total. The zero-order chi connectivity index (χ0) is 18.2. The van der Waals surface area contributed by atoms with E-state index in [1.807, 2.05) is 0 Å². The van der Waals surface area contributed by atoms with Gasteiger partial charge in [-0.15, -0.1) is 0 Å². The van der Waals surface area contributed by atoms with E-state index in [1.54, 1.807) is 0 Å². The second kappa shape index (κ2) is 8.59. The standard InChI is InChI=1S/C14H19N7O4/c15-3-12(22)20-10(1-8-4-16-6-18-8)13(23)21-11(14(24)25)2-9-5-17-7-19-9/h4-7,10-11H,1-3,15H2,(H,16,18)(H,17,19)(H,20,22)(H,21,23)(H,24,25). The number of imidazole rings is 2. The van der Waals surface area contributed by atoms with E-state index in [2.05, 4.69) is 30.6 Å². The Morgan fingerprint density at radius 3 is 2.04 bits per heavy atom. The van der Waals surface area contributed by atoms with Crippen molar-refractivity contribution < 1.29 is 19.5 Å². The van der Waals surface area contributed by atoms with Crippen LogP contribution in [0, 0.1) is 0 Å². The topological polar surface area (TPSA) is 179 Å². The van der Waals surface area contributed by atoms with Crippen molar-refractivity contribution in [2.24, 2.45) is 5.73 Å². The molecule has 11 nitrogen and oxygen atoms in total. The Bertz CT molecular complexity index is 699. The quantitative estimate of drug-likeness (QED) is 0.301. The zero-order valence-electron chi connectivity index (χ0n) is 13.2. The number of carbonyl (C=O) groups is 3. The highest BCUT2D eigenvalue weighted by atomic mass is 16.4. The molecule has 0 fully saturated rings. The highest BCUT2D eigenvalue weighted by Crippen LogP contribution is 2.03. The minimum Gasteiger partial charge on any atom is -0.480 e. The van der Waals surface area contributed by atoms with E-state index in [4.69, 9.17) is 5.73 Å². The molecule has 25 heavy (non-hydrogen) atoms. The summed E-state index contributed by atoms with van der Waals surface area (Å²) in [5.74, 6) is -2.36. The van der Waals surface area contributed by atoms with E-state index in [0.29, 0.717) is 11.4 Å². The Kier molecular flexibility index (Phi) is 6.23. The lowest BCUT2D eigenvalue weighted by Crippen LogP contribution is -2.54. The van der Waals surface area contributed by atoms with Crippen LogP contribution in [-0.2, 0) is 27.2 Å². The Labute approximate surface area is 142 Å². The van der Waals surface area contributed by atoms with Crippen LogP contribution in [0.4, 0.5) is 0 Å². The first-order valence-corrected chi connectivity index (χ1v) is 7.46. The molecule has 0 aromatic carbocycles. The number of nitrogens with two attached hydrogens (primary N) is 1. The van der Waals surface area contributed by atoms with E-state index < -0.39 is 29.9 Å². The van der Waals surface area contributed by atoms with E-state index in [0.717, 1.165) is 0 Å². The lowest BCUT2D eigenvalue weighted by atomic mass is 10.1. The number of carboxylic acids is 1. The van der Waals surface area contributed by atoms with Gasteiger partial charge in [0.25, 0.3) is 0 Å². The van der Waals surface area contributed by atoms with Gasteiger partial charge in [-0.2, -0.15) is 0 Å². The number of nitrogens with zero attached hydrogens (tertiary/aromatic N) is 2. The summed E-state index contributed by atoms with van der Waals surface area (Å²) in [7, 11) is 0. The average Bonchev–Trinajstić information content (AvgIpc) is 3.26. The fourth-order valence-corrected chi connectivity index (χ4v) is 2.17. The molecule has 0 bridgehead atoms. The van der Waals surface area contributed by atoms with Crippen molar-refractivity contribution in [3.05, 3.63) is 36.4 Å². The number of rotatable bonds is 9. The number of amides is 2. The lowest BCUT2D eigenvalue weighted by molar-refractivity contribution is -0.142. The fraction of sp³-hybridized carbons (Fsp3) is 0.357. The maximum atomic E-state index is 12.5. The summed E-state index contributed by atoms with van der Waals surface area (Å²) in [5, 5.41) is 14.2. The van der Waals surface area contributed by atoms with Gasteiger partial charge in [0.2, 0.25) is 11.8 Å². The number of hydrogen-bond donors (Lipinski definition) is 6. The number of aliphatic carboxylic acids is 1. The maximum Gasteiger partial charge on any atom is 0.326 e. The van der Waals surface area contributed by atoms with Crippen LogP contribution < -0.4 is 16.4 Å². The molecule has 0 saturated heterocycles. The smallest absolute Gasteiger partial charge is 0.326 e. The molecule has 0 saturated carbocycles. The van der Waals surface area contributed by atoms with Gasteiger partial charge in [-0.1, -0.05) is 0 Å². The molecule has 2 atom stereocenters. The second-order valence-electron chi connectivity index (χ2n) is 5.29. The first-order chi connectivity index (χ1) is 12.0. The number of carbonyl (C=O) groups excluding carboxylic acids is 2. The summed E-state index contributed by atoms with van der Waals surface area (Å²) < 4.78 is 0. The number of carboxylic acid groups (broad SMARTS) is 1. The lowest BCUT2D eigenvalue weighted by Gasteiger charge is -2.20. The molecule has 2 heterocycles. The van der Waals surface area contributed by atoms with E-state index in [9.17, 15) is 19.5 Å². The number of aromatic nitrogens is 4. The summed E-state index contributed by atoms with van der Waals surface area (Å²) in [6.07, 6.45) is 5.98. The van der Waals surface area contributed by atoms with Crippen LogP contribution in [0.5, 0.6) is 0 Å². The van der Waals surface area contributed by atoms with Gasteiger partial charge in [0.15, 0.2) is 0 Å². The van der Waals surface area contributed by atoms with Gasteiger partial charge in [0.1, 0.15) is 12.1 Å². The van der Waals surface area contributed by atoms with Gasteiger partial charge < -0.3 is 31.4 Å². The Balaban J connectivity index is 2.07. The van der Waals surface area contributed by atoms with Gasteiger partial charge in [-0.25, -0.2) is 14.8 Å². The molecule has 0 radical (unpaired) electrons. The van der Waals surface area contributed by atoms with Crippen LogP contribution in [0.15, 0.2) is 25.0 Å². The molecule has 2 unspecified atom stereocenters. The van der Waals surface area contributed by atoms with Crippen molar-refractivity contribution in [2.75, 3.05) is 6.54 Å². The van der Waals surface area contributed by atoms with Gasteiger partial charge in [-0.05, 0) is 0 Å². The molecular weight excluding hydrogens is 330 g/mol. The summed E-state index contributed by atoms with van der Waals surface area (Å²) in [5.41, 5.74) is 6.43. The van der Waals surface area contributed by atoms with Gasteiger partial charge in [0.05, 0.1) is 19.2 Å². The summed E-state index contributed by atoms with van der Waals surface area (Å²) in [6, 6.07) is -2.16. The van der Waals surface area contributed by atoms with Crippen molar-refractivity contribution in [2.45, 2.75) is 24.9 Å². The van der Waals surface area contributed by atoms with Crippen LogP contribution >= 0.6 is 0 Å². The Hall–Kier alpha value is -3.21. The molecule has 0 aliphatic heterocycles. The molecule has 0 aliphatic carbocycles. The van der Waals surface area contributed by atoms with Crippen LogP contribution in [-0.4, -0.2) is 61.5 Å². The second-order valence-corrected chi connectivity index (χ2v) is 5.29. The van der Waals surface area contributed by atoms with Crippen molar-refractivity contribution >= 4 is 17.8 Å². The summed E-state index contributed by atoms with van der Waals surface area (Å²) in [6.45, 7) is -0.288. The van der Waals surface area contributed by atoms with Gasteiger partial charge >= 0.3 is 5.97 Å². The number of nitrogens with one attached hydrogen (secondary N) is 4. The van der Waals surface area contributed by atoms with Crippen LogP contribution in [0.1, 0.15) is 11.4 Å². The van der Waals surface area contributed by atoms with Gasteiger partial charge in [0, 0.05) is 36.6 Å². The number of aromatic amines is 2. The molecule has 0 aliphatic rings. The van der Waals surface area contributed by atoms with Crippen LogP contribution in [0.2, 0.25) is 0 Å². The third-order valence-corrected chi connectivity index (χ3v) is 3.41. The maximum absolute atomic E-state index is 12.5. The van der Waals surface area contributed by atoms with Gasteiger partial charge in [-0.3, -0.25) is 9.59 Å². The van der Waals surface area contributed by atoms with E-state index in [1.165, 1.54) is 25.0 Å². The minimum atomic E-state index is -1.20. The Morgan fingerprint density at radius 2 is 1.60 bits per heavy atom. The van der Waals surface area contributed by atoms with Crippen LogP contribution in [0.3, 0.4) is 0 Å². The molecule has 134 valence electrons. The van der Waals surface area contributed by atoms with Crippen molar-refractivity contribution in [3.8, 4) is 0 Å². The van der Waals surface area contributed by atoms with Crippen LogP contribution in [0.25, 0.3) is 0 Å². The molecule has 2 aromatic heterocycles. The third-order valence-electron chi connectivity index (χ3n) is 3.41. The molecule has 2 amide bonds. The number of hydrogen-bond acceptors (Lipinski definition) is 6. The highest BCUT2D eigenvalue weighted by Gasteiger charge is 2.27. The first kappa shape index (κ1) is 18.1. The minimum absolute atomic E-state index is 0.0304. The number of H-pyrrole nitrogens is 2. The largest absolute Gasteiger partial charge is 0.480 e. The molecule has 2 rings (SSSR count). The average molecular weight is 349 g/mol. The van der Waals surface area contributed by atoms with Crippen molar-refractivity contribution in [3.63, 3.8) is 0 Å². The monoisotopic (exact) mass is 349 g/mol. The predicted octanol–water partition coefficient (Wildman–Crippen LogP) is -2.07.